The molecular formula is C19H35N5O. The molecule has 25 heavy (non-hydrogen) atoms. The SMILES string of the molecule is CCNC(=NCCCn1ccnc1)NC1CC(OCC)C1(CC)CC. The molecule has 0 amide bonds. The predicted octanol–water partition coefficient (Wildman–Crippen LogP) is 2.81. The van der Waals surface area contributed by atoms with Crippen molar-refractivity contribution in [2.75, 3.05) is 19.7 Å². The molecule has 2 N–H and O–H groups in total. The third-order valence-electron chi connectivity index (χ3n) is 5.53. The summed E-state index contributed by atoms with van der Waals surface area (Å²) in [6.07, 6.45) is 10.4. The Morgan fingerprint density at radius 2 is 2.12 bits per heavy atom. The Hall–Kier alpha value is -1.56. The van der Waals surface area contributed by atoms with Crippen molar-refractivity contribution in [3.63, 3.8) is 0 Å². The van der Waals surface area contributed by atoms with Crippen LogP contribution >= 0.6 is 0 Å². The van der Waals surface area contributed by atoms with Gasteiger partial charge in [-0.25, -0.2) is 4.98 Å². The molecule has 142 valence electrons. The number of ether oxygens (including phenoxy) is 1. The highest BCUT2D eigenvalue weighted by Gasteiger charge is 2.53. The van der Waals surface area contributed by atoms with Gasteiger partial charge in [0.05, 0.1) is 12.4 Å². The summed E-state index contributed by atoms with van der Waals surface area (Å²) in [6, 6.07) is 0.436. The van der Waals surface area contributed by atoms with Crippen molar-refractivity contribution in [3.8, 4) is 0 Å². The van der Waals surface area contributed by atoms with Gasteiger partial charge in [0.2, 0.25) is 0 Å². The topological polar surface area (TPSA) is 63.5 Å². The van der Waals surface area contributed by atoms with Gasteiger partial charge in [-0.05, 0) is 39.5 Å². The van der Waals surface area contributed by atoms with E-state index in [1.807, 2.05) is 18.7 Å². The van der Waals surface area contributed by atoms with Gasteiger partial charge in [0.1, 0.15) is 0 Å². The van der Waals surface area contributed by atoms with Crippen molar-refractivity contribution in [2.24, 2.45) is 10.4 Å². The number of nitrogens with zero attached hydrogens (tertiary/aromatic N) is 3. The zero-order valence-corrected chi connectivity index (χ0v) is 16.3. The van der Waals surface area contributed by atoms with E-state index in [9.17, 15) is 0 Å². The lowest BCUT2D eigenvalue weighted by atomic mass is 9.58. The highest BCUT2D eigenvalue weighted by atomic mass is 16.5. The molecule has 1 aromatic rings. The number of aliphatic imine (C=N–C) groups is 1. The molecule has 0 spiro atoms. The fourth-order valence-electron chi connectivity index (χ4n) is 3.93. The summed E-state index contributed by atoms with van der Waals surface area (Å²) in [5.41, 5.74) is 0.225. The second-order valence-electron chi connectivity index (χ2n) is 6.73. The van der Waals surface area contributed by atoms with Crippen LogP contribution < -0.4 is 10.6 Å². The Kier molecular flexibility index (Phi) is 7.75. The summed E-state index contributed by atoms with van der Waals surface area (Å²) in [5, 5.41) is 7.06. The minimum atomic E-state index is 0.225. The average molecular weight is 350 g/mol. The summed E-state index contributed by atoms with van der Waals surface area (Å²) in [4.78, 5) is 8.83. The first kappa shape index (κ1) is 19.8. The molecule has 0 radical (unpaired) electrons. The van der Waals surface area contributed by atoms with Gasteiger partial charge in [0.25, 0.3) is 0 Å². The number of rotatable bonds is 10. The van der Waals surface area contributed by atoms with Crippen LogP contribution in [0.3, 0.4) is 0 Å². The van der Waals surface area contributed by atoms with E-state index in [0.717, 1.165) is 57.9 Å². The molecule has 6 heteroatoms. The first-order valence-electron chi connectivity index (χ1n) is 9.82. The van der Waals surface area contributed by atoms with E-state index in [2.05, 4.69) is 47.9 Å². The fraction of sp³-hybridized carbons (Fsp3) is 0.789. The Balaban J connectivity index is 1.90. The van der Waals surface area contributed by atoms with E-state index in [4.69, 9.17) is 9.73 Å². The van der Waals surface area contributed by atoms with Crippen LogP contribution in [0.5, 0.6) is 0 Å². The predicted molar refractivity (Wildman–Crippen MR) is 103 cm³/mol. The molecule has 0 saturated heterocycles. The molecule has 2 unspecified atom stereocenters. The van der Waals surface area contributed by atoms with Gasteiger partial charge in [0, 0.05) is 50.1 Å². The van der Waals surface area contributed by atoms with Crippen LogP contribution in [0, 0.1) is 5.41 Å². The zero-order valence-electron chi connectivity index (χ0n) is 16.3. The van der Waals surface area contributed by atoms with Gasteiger partial charge in [-0.3, -0.25) is 4.99 Å². The number of imidazole rings is 1. The summed E-state index contributed by atoms with van der Waals surface area (Å²) in [5.74, 6) is 0.930. The zero-order chi connectivity index (χ0) is 18.1. The number of guanidine groups is 1. The lowest BCUT2D eigenvalue weighted by molar-refractivity contribution is -0.133. The van der Waals surface area contributed by atoms with Crippen molar-refractivity contribution >= 4 is 5.96 Å². The van der Waals surface area contributed by atoms with Gasteiger partial charge in [-0.1, -0.05) is 13.8 Å². The smallest absolute Gasteiger partial charge is 0.191 e. The minimum absolute atomic E-state index is 0.225. The van der Waals surface area contributed by atoms with E-state index >= 15 is 0 Å². The molecule has 1 aliphatic carbocycles. The first-order chi connectivity index (χ1) is 12.2. The van der Waals surface area contributed by atoms with E-state index in [-0.39, 0.29) is 5.41 Å². The Bertz CT molecular complexity index is 510. The quantitative estimate of drug-likeness (QED) is 0.387. The molecule has 0 aromatic carbocycles. The Morgan fingerprint density at radius 3 is 2.72 bits per heavy atom. The third kappa shape index (κ3) is 4.75. The lowest BCUT2D eigenvalue weighted by Gasteiger charge is -2.55. The molecule has 2 rings (SSSR count). The van der Waals surface area contributed by atoms with Gasteiger partial charge >= 0.3 is 0 Å². The summed E-state index contributed by atoms with van der Waals surface area (Å²) >= 11 is 0. The van der Waals surface area contributed by atoms with E-state index in [1.165, 1.54) is 0 Å². The Morgan fingerprint density at radius 1 is 1.32 bits per heavy atom. The maximum absolute atomic E-state index is 5.98. The molecule has 0 aliphatic heterocycles. The highest BCUT2D eigenvalue weighted by Crippen LogP contribution is 2.48. The molecule has 1 aliphatic rings. The number of aryl methyl sites for hydroxylation is 1. The fourth-order valence-corrected chi connectivity index (χ4v) is 3.93. The van der Waals surface area contributed by atoms with E-state index < -0.39 is 0 Å². The molecule has 1 heterocycles. The van der Waals surface area contributed by atoms with E-state index in [1.54, 1.807) is 0 Å². The molecule has 1 fully saturated rings. The van der Waals surface area contributed by atoms with Crippen LogP contribution in [0.15, 0.2) is 23.7 Å². The van der Waals surface area contributed by atoms with Crippen molar-refractivity contribution in [2.45, 2.75) is 72.1 Å². The van der Waals surface area contributed by atoms with Crippen molar-refractivity contribution in [1.29, 1.82) is 0 Å². The molecule has 6 nitrogen and oxygen atoms in total. The van der Waals surface area contributed by atoms with Gasteiger partial charge in [-0.2, -0.15) is 0 Å². The third-order valence-corrected chi connectivity index (χ3v) is 5.53. The van der Waals surface area contributed by atoms with Crippen molar-refractivity contribution in [3.05, 3.63) is 18.7 Å². The van der Waals surface area contributed by atoms with E-state index in [0.29, 0.717) is 12.1 Å². The molecule has 0 bridgehead atoms. The number of aromatic nitrogens is 2. The highest BCUT2D eigenvalue weighted by molar-refractivity contribution is 5.80. The first-order valence-corrected chi connectivity index (χ1v) is 9.82. The summed E-state index contributed by atoms with van der Waals surface area (Å²) in [6.45, 7) is 12.2. The van der Waals surface area contributed by atoms with Crippen LogP contribution in [-0.2, 0) is 11.3 Å². The summed E-state index contributed by atoms with van der Waals surface area (Å²) in [7, 11) is 0. The maximum atomic E-state index is 5.98. The Labute approximate surface area is 152 Å². The van der Waals surface area contributed by atoms with Crippen LogP contribution in [0.25, 0.3) is 0 Å². The van der Waals surface area contributed by atoms with Crippen molar-refractivity contribution in [1.82, 2.24) is 20.2 Å². The second kappa shape index (κ2) is 9.80. The normalized spacial score (nSPS) is 22.5. The van der Waals surface area contributed by atoms with Crippen LogP contribution in [-0.4, -0.2) is 47.4 Å². The van der Waals surface area contributed by atoms with Gasteiger partial charge in [0.15, 0.2) is 5.96 Å². The molecule has 2 atom stereocenters. The lowest BCUT2D eigenvalue weighted by Crippen LogP contribution is -2.65. The molecule has 1 aromatic heterocycles. The monoisotopic (exact) mass is 349 g/mol. The van der Waals surface area contributed by atoms with Crippen LogP contribution in [0.2, 0.25) is 0 Å². The molecule has 1 saturated carbocycles. The maximum Gasteiger partial charge on any atom is 0.191 e. The van der Waals surface area contributed by atoms with Gasteiger partial charge in [-0.15, -0.1) is 0 Å². The largest absolute Gasteiger partial charge is 0.378 e. The number of nitrogens with one attached hydrogen (secondary N) is 2. The van der Waals surface area contributed by atoms with Crippen LogP contribution in [0.4, 0.5) is 0 Å². The van der Waals surface area contributed by atoms with Crippen LogP contribution in [0.1, 0.15) is 53.4 Å². The van der Waals surface area contributed by atoms with Gasteiger partial charge < -0.3 is 19.9 Å². The number of hydrogen-bond acceptors (Lipinski definition) is 3. The summed E-state index contributed by atoms with van der Waals surface area (Å²) < 4.78 is 8.07. The minimum Gasteiger partial charge on any atom is -0.378 e. The van der Waals surface area contributed by atoms with Crippen molar-refractivity contribution < 1.29 is 4.74 Å². The number of hydrogen-bond donors (Lipinski definition) is 2. The second-order valence-corrected chi connectivity index (χ2v) is 6.73. The average Bonchev–Trinajstić information content (AvgIpc) is 3.12. The standard InChI is InChI=1S/C19H35N5O/c1-5-19(6-2)16(14-17(19)25-8-4)23-18(21-7-3)22-10-9-12-24-13-11-20-15-24/h11,13,15-17H,5-10,12,14H2,1-4H3,(H2,21,22,23). The molecular weight excluding hydrogens is 314 g/mol.